The molecule has 1 aromatic heterocycles. The van der Waals surface area contributed by atoms with E-state index in [4.69, 9.17) is 9.47 Å². The maximum atomic E-state index is 13.5. The number of allylic oxidation sites excluding steroid dienone is 1. The van der Waals surface area contributed by atoms with Crippen LogP contribution in [0.25, 0.3) is 6.08 Å². The van der Waals surface area contributed by atoms with Gasteiger partial charge in [0.15, 0.2) is 4.80 Å². The van der Waals surface area contributed by atoms with Crippen LogP contribution in [0.1, 0.15) is 44.9 Å². The van der Waals surface area contributed by atoms with E-state index >= 15 is 0 Å². The van der Waals surface area contributed by atoms with Crippen molar-refractivity contribution in [3.63, 3.8) is 0 Å². The summed E-state index contributed by atoms with van der Waals surface area (Å²) in [6.45, 7) is 7.73. The summed E-state index contributed by atoms with van der Waals surface area (Å²) in [6, 6.07) is 12.5. The van der Waals surface area contributed by atoms with Crippen molar-refractivity contribution in [3.05, 3.63) is 96.4 Å². The first-order valence-corrected chi connectivity index (χ1v) is 11.8. The maximum absolute atomic E-state index is 13.5. The monoisotopic (exact) mass is 480 g/mol. The van der Waals surface area contributed by atoms with Crippen LogP contribution in [0.2, 0.25) is 0 Å². The third kappa shape index (κ3) is 4.72. The molecule has 0 bridgehead atoms. The lowest BCUT2D eigenvalue weighted by molar-refractivity contribution is -0.143. The molecule has 176 valence electrons. The highest BCUT2D eigenvalue weighted by molar-refractivity contribution is 7.07. The van der Waals surface area contributed by atoms with Gasteiger partial charge in [-0.3, -0.25) is 9.36 Å². The maximum Gasteiger partial charge on any atom is 0.338 e. The zero-order valence-electron chi connectivity index (χ0n) is 19.4. The molecule has 0 saturated carbocycles. The van der Waals surface area contributed by atoms with Crippen molar-refractivity contribution in [2.75, 3.05) is 6.61 Å². The van der Waals surface area contributed by atoms with E-state index in [1.54, 1.807) is 39.0 Å². The molecule has 6 nitrogen and oxygen atoms in total. The Morgan fingerprint density at radius 2 is 1.85 bits per heavy atom. The molecule has 0 fully saturated rings. The number of nitrogens with zero attached hydrogens (tertiary/aromatic N) is 2. The topological polar surface area (TPSA) is 69.9 Å². The van der Waals surface area contributed by atoms with Crippen molar-refractivity contribution in [2.24, 2.45) is 4.99 Å². The lowest BCUT2D eigenvalue weighted by Crippen LogP contribution is -2.40. The lowest BCUT2D eigenvalue weighted by Gasteiger charge is -2.25. The van der Waals surface area contributed by atoms with Crippen LogP contribution in [0.3, 0.4) is 0 Å². The molecule has 3 aromatic rings. The van der Waals surface area contributed by atoms with Crippen LogP contribution in [-0.2, 0) is 9.53 Å². The van der Waals surface area contributed by atoms with Crippen molar-refractivity contribution < 1.29 is 18.7 Å². The van der Waals surface area contributed by atoms with E-state index in [-0.39, 0.29) is 17.5 Å². The van der Waals surface area contributed by atoms with Crippen LogP contribution < -0.4 is 19.6 Å². The summed E-state index contributed by atoms with van der Waals surface area (Å²) in [5.41, 5.74) is 1.97. The summed E-state index contributed by atoms with van der Waals surface area (Å²) in [5.74, 6) is -0.164. The van der Waals surface area contributed by atoms with Gasteiger partial charge in [-0.05, 0) is 69.2 Å². The first kappa shape index (κ1) is 23.6. The Kier molecular flexibility index (Phi) is 6.79. The molecule has 8 heteroatoms. The largest absolute Gasteiger partial charge is 0.494 e. The van der Waals surface area contributed by atoms with E-state index in [9.17, 15) is 14.0 Å². The third-order valence-electron chi connectivity index (χ3n) is 5.26. The van der Waals surface area contributed by atoms with Gasteiger partial charge in [0.1, 0.15) is 11.6 Å². The molecule has 4 rings (SSSR count). The fourth-order valence-corrected chi connectivity index (χ4v) is 4.85. The van der Waals surface area contributed by atoms with Gasteiger partial charge in [0.25, 0.3) is 5.56 Å². The standard InChI is InChI=1S/C26H25FN2O4S/c1-5-32-20-12-8-18(9-13-20)23-22(25(31)33-15(2)3)16(4)28-26-29(23)24(30)21(34-26)14-17-6-10-19(27)11-7-17/h6-15,23H,5H2,1-4H3/b21-14+/t23-/m0/s1. The Morgan fingerprint density at radius 3 is 2.47 bits per heavy atom. The summed E-state index contributed by atoms with van der Waals surface area (Å²) in [6.07, 6.45) is 1.38. The Morgan fingerprint density at radius 1 is 1.18 bits per heavy atom. The number of esters is 1. The highest BCUT2D eigenvalue weighted by atomic mass is 32.1. The van der Waals surface area contributed by atoms with Gasteiger partial charge < -0.3 is 9.47 Å². The minimum absolute atomic E-state index is 0.283. The van der Waals surface area contributed by atoms with E-state index in [0.29, 0.717) is 38.5 Å². The number of carbonyl (C=O) groups is 1. The van der Waals surface area contributed by atoms with Crippen LogP contribution in [0.15, 0.2) is 69.6 Å². The SMILES string of the molecule is CCOc1ccc([C@H]2C(C(=O)OC(C)C)=C(C)N=c3s/c(=C/c4ccc(F)cc4)c(=O)n32)cc1. The molecule has 34 heavy (non-hydrogen) atoms. The summed E-state index contributed by atoms with van der Waals surface area (Å²) in [4.78, 5) is 31.7. The molecular formula is C26H25FN2O4S. The molecule has 0 radical (unpaired) electrons. The summed E-state index contributed by atoms with van der Waals surface area (Å²) in [7, 11) is 0. The Hall–Kier alpha value is -3.52. The molecule has 0 spiro atoms. The summed E-state index contributed by atoms with van der Waals surface area (Å²) in [5, 5.41) is 0. The van der Waals surface area contributed by atoms with Gasteiger partial charge >= 0.3 is 5.97 Å². The van der Waals surface area contributed by atoms with Crippen molar-refractivity contribution in [1.29, 1.82) is 0 Å². The van der Waals surface area contributed by atoms with Crippen molar-refractivity contribution in [1.82, 2.24) is 4.57 Å². The quantitative estimate of drug-likeness (QED) is 0.504. The fraction of sp³-hybridized carbons (Fsp3) is 0.269. The number of fused-ring (bicyclic) bond motifs is 1. The minimum atomic E-state index is -0.700. The molecular weight excluding hydrogens is 455 g/mol. The van der Waals surface area contributed by atoms with Crippen LogP contribution in [0.4, 0.5) is 4.39 Å². The Balaban J connectivity index is 1.90. The number of hydrogen-bond acceptors (Lipinski definition) is 6. The van der Waals surface area contributed by atoms with Crippen molar-refractivity contribution in [2.45, 2.75) is 39.8 Å². The number of aromatic nitrogens is 1. The number of thiazole rings is 1. The predicted molar refractivity (Wildman–Crippen MR) is 129 cm³/mol. The smallest absolute Gasteiger partial charge is 0.338 e. The Labute approximate surface area is 200 Å². The van der Waals surface area contributed by atoms with Crippen molar-refractivity contribution >= 4 is 23.4 Å². The first-order chi connectivity index (χ1) is 16.3. The van der Waals surface area contributed by atoms with Gasteiger partial charge in [-0.1, -0.05) is 35.6 Å². The first-order valence-electron chi connectivity index (χ1n) is 11.0. The second-order valence-corrected chi connectivity index (χ2v) is 9.10. The zero-order valence-corrected chi connectivity index (χ0v) is 20.2. The highest BCUT2D eigenvalue weighted by Gasteiger charge is 2.33. The number of ether oxygens (including phenoxy) is 2. The molecule has 1 aliphatic rings. The molecule has 0 aliphatic carbocycles. The summed E-state index contributed by atoms with van der Waals surface area (Å²) < 4.78 is 26.3. The fourth-order valence-electron chi connectivity index (χ4n) is 3.80. The number of hydrogen-bond donors (Lipinski definition) is 0. The highest BCUT2D eigenvalue weighted by Crippen LogP contribution is 2.31. The van der Waals surface area contributed by atoms with Crippen LogP contribution in [0.5, 0.6) is 5.75 Å². The zero-order chi connectivity index (χ0) is 24.4. The van der Waals surface area contributed by atoms with Gasteiger partial charge in [0, 0.05) is 0 Å². The second kappa shape index (κ2) is 9.77. The van der Waals surface area contributed by atoms with Gasteiger partial charge in [-0.25, -0.2) is 14.2 Å². The third-order valence-corrected chi connectivity index (χ3v) is 6.24. The molecule has 1 atom stereocenters. The molecule has 1 aliphatic heterocycles. The second-order valence-electron chi connectivity index (χ2n) is 8.09. The molecule has 0 N–H and O–H groups in total. The van der Waals surface area contributed by atoms with Crippen LogP contribution in [0, 0.1) is 5.82 Å². The molecule has 0 saturated heterocycles. The number of benzene rings is 2. The van der Waals surface area contributed by atoms with E-state index < -0.39 is 12.0 Å². The lowest BCUT2D eigenvalue weighted by atomic mass is 9.96. The van der Waals surface area contributed by atoms with E-state index in [2.05, 4.69) is 4.99 Å². The predicted octanol–water partition coefficient (Wildman–Crippen LogP) is 3.72. The van der Waals surface area contributed by atoms with Gasteiger partial charge in [0.2, 0.25) is 0 Å². The van der Waals surface area contributed by atoms with Gasteiger partial charge in [-0.15, -0.1) is 0 Å². The van der Waals surface area contributed by atoms with E-state index in [1.165, 1.54) is 28.0 Å². The molecule has 2 heterocycles. The van der Waals surface area contributed by atoms with Crippen LogP contribution in [-0.4, -0.2) is 23.2 Å². The van der Waals surface area contributed by atoms with Gasteiger partial charge in [-0.2, -0.15) is 0 Å². The Bertz CT molecular complexity index is 1420. The van der Waals surface area contributed by atoms with Crippen LogP contribution >= 0.6 is 11.3 Å². The number of halogens is 1. The number of carbonyl (C=O) groups excluding carboxylic acids is 1. The van der Waals surface area contributed by atoms with Crippen molar-refractivity contribution in [3.8, 4) is 5.75 Å². The number of rotatable bonds is 6. The summed E-state index contributed by atoms with van der Waals surface area (Å²) >= 11 is 1.23. The average Bonchev–Trinajstić information content (AvgIpc) is 3.09. The van der Waals surface area contributed by atoms with Gasteiger partial charge in [0.05, 0.1) is 34.6 Å². The molecule has 0 amide bonds. The average molecular weight is 481 g/mol. The van der Waals surface area contributed by atoms with E-state index in [0.717, 1.165) is 5.56 Å². The normalized spacial score (nSPS) is 15.8. The van der Waals surface area contributed by atoms with E-state index in [1.807, 2.05) is 31.2 Å². The molecule has 0 unspecified atom stereocenters. The minimum Gasteiger partial charge on any atom is -0.494 e. The molecule has 2 aromatic carbocycles.